The fourth-order valence-corrected chi connectivity index (χ4v) is 2.59. The summed E-state index contributed by atoms with van der Waals surface area (Å²) in [6.45, 7) is 3.15. The van der Waals surface area contributed by atoms with Gasteiger partial charge in [-0.25, -0.2) is 0 Å². The summed E-state index contributed by atoms with van der Waals surface area (Å²) in [4.78, 5) is 0. The van der Waals surface area contributed by atoms with Gasteiger partial charge < -0.3 is 10.6 Å². The molecule has 0 radical (unpaired) electrons. The number of rotatable bonds is 3. The fraction of sp³-hybridized carbons (Fsp3) is 0.900. The zero-order chi connectivity index (χ0) is 9.26. The molecule has 0 saturated heterocycles. The van der Waals surface area contributed by atoms with E-state index >= 15 is 0 Å². The van der Waals surface area contributed by atoms with Crippen LogP contribution in [0.15, 0.2) is 0 Å². The minimum Gasteiger partial charge on any atom is -0.363 e. The molecule has 0 aromatic carbocycles. The molecule has 0 heterocycles. The van der Waals surface area contributed by atoms with E-state index in [1.54, 1.807) is 0 Å². The summed E-state index contributed by atoms with van der Waals surface area (Å²) in [5.74, 6) is 1.98. The third-order valence-electron chi connectivity index (χ3n) is 3.19. The van der Waals surface area contributed by atoms with Crippen molar-refractivity contribution in [2.45, 2.75) is 38.6 Å². The van der Waals surface area contributed by atoms with Crippen molar-refractivity contribution in [1.29, 1.82) is 0 Å². The standard InChI is InChI=1S/C10H18N2S/c1-2-5-11-10(13)12-9-4-3-7-6-8(7)9/h7-9H,2-6H2,1H3,(H2,11,12,13). The molecule has 0 bridgehead atoms. The van der Waals surface area contributed by atoms with Crippen molar-refractivity contribution in [2.24, 2.45) is 11.8 Å². The Morgan fingerprint density at radius 1 is 1.46 bits per heavy atom. The molecule has 0 amide bonds. The molecule has 2 saturated carbocycles. The predicted octanol–water partition coefficient (Wildman–Crippen LogP) is 1.66. The molecule has 0 aliphatic heterocycles. The van der Waals surface area contributed by atoms with E-state index in [0.29, 0.717) is 6.04 Å². The first kappa shape index (κ1) is 9.25. The van der Waals surface area contributed by atoms with Gasteiger partial charge in [0, 0.05) is 12.6 Å². The van der Waals surface area contributed by atoms with Crippen molar-refractivity contribution >= 4 is 17.3 Å². The Morgan fingerprint density at radius 3 is 2.85 bits per heavy atom. The van der Waals surface area contributed by atoms with Gasteiger partial charge in [-0.05, 0) is 49.7 Å². The molecule has 3 heteroatoms. The molecule has 0 spiro atoms. The maximum atomic E-state index is 5.21. The van der Waals surface area contributed by atoms with Gasteiger partial charge in [0.2, 0.25) is 0 Å². The Hall–Kier alpha value is -0.310. The van der Waals surface area contributed by atoms with E-state index in [1.165, 1.54) is 19.3 Å². The highest BCUT2D eigenvalue weighted by Gasteiger charge is 2.48. The SMILES string of the molecule is CCCNC(=S)NC1CCC2CC21. The summed E-state index contributed by atoms with van der Waals surface area (Å²) in [5.41, 5.74) is 0. The monoisotopic (exact) mass is 198 g/mol. The van der Waals surface area contributed by atoms with Crippen LogP contribution >= 0.6 is 12.2 Å². The summed E-state index contributed by atoms with van der Waals surface area (Å²) >= 11 is 5.21. The second kappa shape index (κ2) is 3.82. The summed E-state index contributed by atoms with van der Waals surface area (Å²) in [6.07, 6.45) is 5.31. The van der Waals surface area contributed by atoms with Crippen molar-refractivity contribution < 1.29 is 0 Å². The molecular formula is C10H18N2S. The summed E-state index contributed by atoms with van der Waals surface area (Å²) in [6, 6.07) is 0.682. The Morgan fingerprint density at radius 2 is 2.31 bits per heavy atom. The minimum absolute atomic E-state index is 0.682. The molecule has 13 heavy (non-hydrogen) atoms. The number of hydrogen-bond acceptors (Lipinski definition) is 1. The molecule has 2 aliphatic rings. The van der Waals surface area contributed by atoms with Crippen LogP contribution in [0.5, 0.6) is 0 Å². The summed E-state index contributed by atoms with van der Waals surface area (Å²) < 4.78 is 0. The quantitative estimate of drug-likeness (QED) is 0.674. The van der Waals surface area contributed by atoms with Gasteiger partial charge in [-0.1, -0.05) is 6.92 Å². The lowest BCUT2D eigenvalue weighted by molar-refractivity contribution is 0.552. The normalized spacial score (nSPS) is 35.3. The first-order valence-corrected chi connectivity index (χ1v) is 5.76. The van der Waals surface area contributed by atoms with E-state index in [9.17, 15) is 0 Å². The van der Waals surface area contributed by atoms with Gasteiger partial charge in [-0.15, -0.1) is 0 Å². The van der Waals surface area contributed by atoms with Crippen LogP contribution in [-0.4, -0.2) is 17.7 Å². The van der Waals surface area contributed by atoms with E-state index in [0.717, 1.165) is 29.9 Å². The van der Waals surface area contributed by atoms with E-state index in [-0.39, 0.29) is 0 Å². The molecule has 2 aliphatic carbocycles. The Bertz CT molecular complexity index is 205. The van der Waals surface area contributed by atoms with E-state index in [2.05, 4.69) is 17.6 Å². The zero-order valence-corrected chi connectivity index (χ0v) is 8.99. The van der Waals surface area contributed by atoms with Crippen LogP contribution in [-0.2, 0) is 0 Å². The molecule has 3 atom stereocenters. The van der Waals surface area contributed by atoms with Crippen LogP contribution in [0, 0.1) is 11.8 Å². The van der Waals surface area contributed by atoms with Gasteiger partial charge in [0.25, 0.3) is 0 Å². The van der Waals surface area contributed by atoms with Gasteiger partial charge >= 0.3 is 0 Å². The molecule has 3 unspecified atom stereocenters. The second-order valence-corrected chi connectivity index (χ2v) is 4.65. The molecule has 2 rings (SSSR count). The summed E-state index contributed by atoms with van der Waals surface area (Å²) in [7, 11) is 0. The van der Waals surface area contributed by atoms with Crippen LogP contribution in [0.25, 0.3) is 0 Å². The van der Waals surface area contributed by atoms with Crippen molar-refractivity contribution in [3.8, 4) is 0 Å². The Balaban J connectivity index is 1.68. The van der Waals surface area contributed by atoms with Crippen LogP contribution in [0.3, 0.4) is 0 Å². The lowest BCUT2D eigenvalue weighted by Crippen LogP contribution is -2.42. The molecular weight excluding hydrogens is 180 g/mol. The van der Waals surface area contributed by atoms with Crippen LogP contribution in [0.1, 0.15) is 32.6 Å². The predicted molar refractivity (Wildman–Crippen MR) is 58.6 cm³/mol. The van der Waals surface area contributed by atoms with Gasteiger partial charge in [0.05, 0.1) is 0 Å². The fourth-order valence-electron chi connectivity index (χ4n) is 2.34. The molecule has 0 aromatic heterocycles. The molecule has 2 fully saturated rings. The lowest BCUT2D eigenvalue weighted by Gasteiger charge is -2.17. The van der Waals surface area contributed by atoms with Crippen molar-refractivity contribution in [1.82, 2.24) is 10.6 Å². The van der Waals surface area contributed by atoms with Gasteiger partial charge in [-0.3, -0.25) is 0 Å². The highest BCUT2D eigenvalue weighted by atomic mass is 32.1. The maximum Gasteiger partial charge on any atom is 0.166 e. The van der Waals surface area contributed by atoms with Crippen LogP contribution < -0.4 is 10.6 Å². The third kappa shape index (κ3) is 2.13. The molecule has 2 nitrogen and oxygen atoms in total. The number of thiocarbonyl (C=S) groups is 1. The smallest absolute Gasteiger partial charge is 0.166 e. The number of hydrogen-bond donors (Lipinski definition) is 2. The minimum atomic E-state index is 0.682. The first-order valence-electron chi connectivity index (χ1n) is 5.35. The zero-order valence-electron chi connectivity index (χ0n) is 8.18. The summed E-state index contributed by atoms with van der Waals surface area (Å²) in [5, 5.41) is 7.50. The maximum absolute atomic E-state index is 5.21. The average molecular weight is 198 g/mol. The van der Waals surface area contributed by atoms with Crippen molar-refractivity contribution in [3.05, 3.63) is 0 Å². The molecule has 0 aromatic rings. The van der Waals surface area contributed by atoms with E-state index in [1.807, 2.05) is 0 Å². The topological polar surface area (TPSA) is 24.1 Å². The average Bonchev–Trinajstić information content (AvgIpc) is 2.81. The third-order valence-corrected chi connectivity index (χ3v) is 3.46. The largest absolute Gasteiger partial charge is 0.363 e. The van der Waals surface area contributed by atoms with Crippen LogP contribution in [0.4, 0.5) is 0 Å². The highest BCUT2D eigenvalue weighted by Crippen LogP contribution is 2.51. The molecule has 74 valence electrons. The van der Waals surface area contributed by atoms with Crippen molar-refractivity contribution in [3.63, 3.8) is 0 Å². The number of nitrogens with one attached hydrogen (secondary N) is 2. The number of fused-ring (bicyclic) bond motifs is 1. The molecule has 2 N–H and O–H groups in total. The van der Waals surface area contributed by atoms with Crippen LogP contribution in [0.2, 0.25) is 0 Å². The Kier molecular flexibility index (Phi) is 2.72. The van der Waals surface area contributed by atoms with E-state index < -0.39 is 0 Å². The first-order chi connectivity index (χ1) is 6.31. The van der Waals surface area contributed by atoms with Gasteiger partial charge in [0.15, 0.2) is 5.11 Å². The highest BCUT2D eigenvalue weighted by molar-refractivity contribution is 7.80. The van der Waals surface area contributed by atoms with Crippen molar-refractivity contribution in [2.75, 3.05) is 6.54 Å². The van der Waals surface area contributed by atoms with Gasteiger partial charge in [0.1, 0.15) is 0 Å². The van der Waals surface area contributed by atoms with Gasteiger partial charge in [-0.2, -0.15) is 0 Å². The lowest BCUT2D eigenvalue weighted by atomic mass is 10.2. The Labute approximate surface area is 85.5 Å². The van der Waals surface area contributed by atoms with E-state index in [4.69, 9.17) is 12.2 Å². The second-order valence-electron chi connectivity index (χ2n) is 4.24.